The number of aromatic nitrogens is 2. The second kappa shape index (κ2) is 3.85. The van der Waals surface area contributed by atoms with Crippen LogP contribution in [0.3, 0.4) is 0 Å². The highest BCUT2D eigenvalue weighted by Gasteiger charge is 2.49. The smallest absolute Gasteiger partial charge is 0.301 e. The molecule has 1 aliphatic heterocycles. The molecule has 0 bridgehead atoms. The van der Waals surface area contributed by atoms with Gasteiger partial charge < -0.3 is 4.90 Å². The van der Waals surface area contributed by atoms with Crippen LogP contribution in [0.2, 0.25) is 0 Å². The highest BCUT2D eigenvalue weighted by atomic mass is 32.2. The van der Waals surface area contributed by atoms with Crippen LogP contribution < -0.4 is 5.56 Å². The minimum atomic E-state index is -5.57. The molecule has 0 saturated heterocycles. The molecule has 102 valence electrons. The maximum atomic E-state index is 12.4. The highest BCUT2D eigenvalue weighted by molar-refractivity contribution is 7.90. The van der Waals surface area contributed by atoms with E-state index in [2.05, 4.69) is 0 Å². The molecule has 1 aromatic heterocycles. The fraction of sp³-hybridized carbons (Fsp3) is 0.625. The molecule has 1 aromatic rings. The van der Waals surface area contributed by atoms with Gasteiger partial charge in [-0.1, -0.05) is 0 Å². The first kappa shape index (κ1) is 13.1. The zero-order valence-electron chi connectivity index (χ0n) is 9.28. The van der Waals surface area contributed by atoms with Gasteiger partial charge in [0, 0.05) is 19.5 Å². The molecule has 1 aliphatic rings. The van der Waals surface area contributed by atoms with E-state index >= 15 is 0 Å². The molecule has 18 heavy (non-hydrogen) atoms. The molecule has 0 unspecified atom stereocenters. The zero-order chi connectivity index (χ0) is 13.7. The van der Waals surface area contributed by atoms with Crippen LogP contribution in [-0.4, -0.2) is 41.6 Å². The van der Waals surface area contributed by atoms with Crippen LogP contribution in [-0.2, 0) is 23.0 Å². The van der Waals surface area contributed by atoms with Crippen LogP contribution in [0.4, 0.5) is 13.2 Å². The van der Waals surface area contributed by atoms with E-state index in [1.807, 2.05) is 0 Å². The first-order chi connectivity index (χ1) is 8.14. The van der Waals surface area contributed by atoms with Crippen molar-refractivity contribution in [1.82, 2.24) is 14.1 Å². The lowest BCUT2D eigenvalue weighted by Gasteiger charge is -2.22. The Hall–Kier alpha value is -1.29. The number of nitrogens with zero attached hydrogens (tertiary/aromatic N) is 2. The number of H-pyrrole nitrogens is 1. The lowest BCUT2D eigenvalue weighted by Crippen LogP contribution is -2.34. The quantitative estimate of drug-likeness (QED) is 0.779. The summed E-state index contributed by atoms with van der Waals surface area (Å²) in [4.78, 5) is 13.2. The standard InChI is InChI=1S/C8H10F3N3O3S/c1-13-3-2-6-5(4-13)7(15)12-14(6)18(16,17)8(9,10)11/h2-4H2,1H3,(H,12,15). The fourth-order valence-electron chi connectivity index (χ4n) is 1.85. The largest absolute Gasteiger partial charge is 0.518 e. The molecular weight excluding hydrogens is 275 g/mol. The van der Waals surface area contributed by atoms with Gasteiger partial charge >= 0.3 is 15.5 Å². The number of aromatic amines is 1. The Balaban J connectivity index is 2.63. The summed E-state index contributed by atoms with van der Waals surface area (Å²) in [5.41, 5.74) is -6.29. The summed E-state index contributed by atoms with van der Waals surface area (Å²) in [6.45, 7) is 0.517. The lowest BCUT2D eigenvalue weighted by molar-refractivity contribution is -0.0450. The summed E-state index contributed by atoms with van der Waals surface area (Å²) >= 11 is 0. The molecule has 0 aliphatic carbocycles. The average Bonchev–Trinajstić information content (AvgIpc) is 2.55. The summed E-state index contributed by atoms with van der Waals surface area (Å²) in [6, 6.07) is 0. The van der Waals surface area contributed by atoms with Gasteiger partial charge in [-0.2, -0.15) is 25.7 Å². The number of rotatable bonds is 1. The van der Waals surface area contributed by atoms with Gasteiger partial charge in [-0.25, -0.2) is 5.10 Å². The van der Waals surface area contributed by atoms with Gasteiger partial charge in [-0.15, -0.1) is 0 Å². The molecule has 0 aromatic carbocycles. The van der Waals surface area contributed by atoms with Crippen molar-refractivity contribution in [2.75, 3.05) is 13.6 Å². The number of likely N-dealkylation sites (N-methyl/N-ethyl adjacent to an activating group) is 1. The topological polar surface area (TPSA) is 75.2 Å². The minimum absolute atomic E-state index is 0.0440. The second-order valence-corrected chi connectivity index (χ2v) is 5.85. The second-order valence-electron chi connectivity index (χ2n) is 4.07. The Labute approximate surface area is 100 Å². The minimum Gasteiger partial charge on any atom is -0.301 e. The van der Waals surface area contributed by atoms with Gasteiger partial charge in [-0.05, 0) is 7.05 Å². The Morgan fingerprint density at radius 2 is 1.94 bits per heavy atom. The summed E-state index contributed by atoms with van der Waals surface area (Å²) in [6.07, 6.45) is 0.0693. The van der Waals surface area contributed by atoms with E-state index in [0.29, 0.717) is 6.54 Å². The van der Waals surface area contributed by atoms with Gasteiger partial charge in [0.15, 0.2) is 0 Å². The molecule has 0 saturated carbocycles. The molecule has 0 spiro atoms. The van der Waals surface area contributed by atoms with Crippen molar-refractivity contribution >= 4 is 10.0 Å². The Kier molecular flexibility index (Phi) is 2.81. The number of nitrogens with one attached hydrogen (secondary N) is 1. The number of hydrogen-bond donors (Lipinski definition) is 1. The van der Waals surface area contributed by atoms with Crippen molar-refractivity contribution in [3.05, 3.63) is 21.6 Å². The van der Waals surface area contributed by atoms with Gasteiger partial charge in [0.05, 0.1) is 11.3 Å². The average molecular weight is 285 g/mol. The number of hydrogen-bond acceptors (Lipinski definition) is 4. The third-order valence-corrected chi connectivity index (χ3v) is 4.14. The number of alkyl halides is 3. The number of fused-ring (bicyclic) bond motifs is 1. The summed E-state index contributed by atoms with van der Waals surface area (Å²) in [5.74, 6) is 0. The lowest BCUT2D eigenvalue weighted by atomic mass is 10.1. The van der Waals surface area contributed by atoms with E-state index in [9.17, 15) is 26.4 Å². The van der Waals surface area contributed by atoms with E-state index in [1.165, 1.54) is 0 Å². The highest BCUT2D eigenvalue weighted by Crippen LogP contribution is 2.27. The van der Waals surface area contributed by atoms with Crippen LogP contribution in [0.15, 0.2) is 4.79 Å². The van der Waals surface area contributed by atoms with Gasteiger partial charge in [0.2, 0.25) is 0 Å². The van der Waals surface area contributed by atoms with Crippen LogP contribution in [0.5, 0.6) is 0 Å². The maximum Gasteiger partial charge on any atom is 0.518 e. The van der Waals surface area contributed by atoms with E-state index < -0.39 is 21.1 Å². The van der Waals surface area contributed by atoms with Crippen molar-refractivity contribution in [3.8, 4) is 0 Å². The van der Waals surface area contributed by atoms with Crippen molar-refractivity contribution in [3.63, 3.8) is 0 Å². The van der Waals surface area contributed by atoms with E-state index in [-0.39, 0.29) is 28.3 Å². The van der Waals surface area contributed by atoms with Gasteiger partial charge in [0.25, 0.3) is 5.56 Å². The fourth-order valence-corrected chi connectivity index (χ4v) is 2.75. The van der Waals surface area contributed by atoms with Crippen molar-refractivity contribution in [2.24, 2.45) is 0 Å². The monoisotopic (exact) mass is 285 g/mol. The van der Waals surface area contributed by atoms with E-state index in [1.54, 1.807) is 17.0 Å². The van der Waals surface area contributed by atoms with E-state index in [4.69, 9.17) is 0 Å². The van der Waals surface area contributed by atoms with E-state index in [0.717, 1.165) is 0 Å². The summed E-state index contributed by atoms with van der Waals surface area (Å²) in [5, 5.41) is 1.75. The molecule has 0 amide bonds. The Bertz CT molecular complexity index is 628. The summed E-state index contributed by atoms with van der Waals surface area (Å²) in [7, 11) is -3.88. The van der Waals surface area contributed by atoms with Crippen molar-refractivity contribution in [1.29, 1.82) is 0 Å². The molecule has 0 radical (unpaired) electrons. The summed E-state index contributed by atoms with van der Waals surface area (Å²) < 4.78 is 59.8. The van der Waals surface area contributed by atoms with Crippen molar-refractivity contribution in [2.45, 2.75) is 18.5 Å². The predicted octanol–water partition coefficient (Wildman–Crippen LogP) is -0.138. The Morgan fingerprint density at radius 1 is 1.33 bits per heavy atom. The normalized spacial score (nSPS) is 17.8. The zero-order valence-corrected chi connectivity index (χ0v) is 10.1. The third-order valence-electron chi connectivity index (χ3n) is 2.76. The van der Waals surface area contributed by atoms with Gasteiger partial charge in [0.1, 0.15) is 0 Å². The molecule has 0 atom stereocenters. The molecule has 10 heteroatoms. The first-order valence-electron chi connectivity index (χ1n) is 4.98. The number of halogens is 3. The molecule has 2 heterocycles. The maximum absolute atomic E-state index is 12.4. The van der Waals surface area contributed by atoms with Gasteiger partial charge in [-0.3, -0.25) is 4.79 Å². The van der Waals surface area contributed by atoms with Crippen LogP contribution in [0.25, 0.3) is 0 Å². The third kappa shape index (κ3) is 1.85. The van der Waals surface area contributed by atoms with Crippen LogP contribution >= 0.6 is 0 Å². The van der Waals surface area contributed by atoms with Crippen molar-refractivity contribution < 1.29 is 21.6 Å². The molecule has 1 N–H and O–H groups in total. The first-order valence-corrected chi connectivity index (χ1v) is 6.42. The molecular formula is C8H10F3N3O3S. The predicted molar refractivity (Wildman–Crippen MR) is 55.5 cm³/mol. The SMILES string of the molecule is CN1CCc2c(c(=O)[nH]n2S(=O)(=O)C(F)(F)F)C1. The molecule has 6 nitrogen and oxygen atoms in total. The van der Waals surface area contributed by atoms with Crippen LogP contribution in [0, 0.1) is 0 Å². The molecule has 2 rings (SSSR count). The Morgan fingerprint density at radius 3 is 2.50 bits per heavy atom. The molecule has 0 fully saturated rings. The van der Waals surface area contributed by atoms with Crippen LogP contribution in [0.1, 0.15) is 11.3 Å².